The van der Waals surface area contributed by atoms with Crippen LogP contribution in [0, 0.1) is 13.8 Å². The molecule has 0 fully saturated rings. The van der Waals surface area contributed by atoms with Crippen LogP contribution < -0.4 is 5.32 Å². The van der Waals surface area contributed by atoms with Crippen LogP contribution in [0.3, 0.4) is 0 Å². The van der Waals surface area contributed by atoms with Crippen LogP contribution in [0.25, 0.3) is 0 Å². The summed E-state index contributed by atoms with van der Waals surface area (Å²) in [6.45, 7) is 11.2. The van der Waals surface area contributed by atoms with E-state index in [-0.39, 0.29) is 5.54 Å². The Balaban J connectivity index is 2.45. The van der Waals surface area contributed by atoms with Gasteiger partial charge in [0.1, 0.15) is 5.78 Å². The van der Waals surface area contributed by atoms with Crippen LogP contribution in [-0.4, -0.2) is 17.9 Å². The molecule has 2 heteroatoms. The molecule has 0 bridgehead atoms. The summed E-state index contributed by atoms with van der Waals surface area (Å²) in [5.41, 5.74) is 3.67. The van der Waals surface area contributed by atoms with Crippen molar-refractivity contribution in [3.63, 3.8) is 0 Å². The van der Waals surface area contributed by atoms with Gasteiger partial charge >= 0.3 is 0 Å². The summed E-state index contributed by atoms with van der Waals surface area (Å²) < 4.78 is 0. The van der Waals surface area contributed by atoms with Gasteiger partial charge in [-0.25, -0.2) is 0 Å². The number of carbonyl (C=O) groups excluding carboxylic acids is 1. The first-order valence-electron chi connectivity index (χ1n) is 6.60. The van der Waals surface area contributed by atoms with Crippen molar-refractivity contribution in [1.29, 1.82) is 0 Å². The van der Waals surface area contributed by atoms with E-state index in [1.807, 2.05) is 0 Å². The number of Topliss-reactive ketones (excluding diaryl/α,β-unsaturated/α-hetero) is 1. The fourth-order valence-electron chi connectivity index (χ4n) is 2.06. The van der Waals surface area contributed by atoms with Crippen molar-refractivity contribution in [2.75, 3.05) is 6.54 Å². The Labute approximate surface area is 111 Å². The van der Waals surface area contributed by atoms with Gasteiger partial charge in [-0.3, -0.25) is 4.79 Å². The third-order valence-corrected chi connectivity index (χ3v) is 2.74. The van der Waals surface area contributed by atoms with Crippen LogP contribution in [0.5, 0.6) is 0 Å². The molecule has 0 aromatic heterocycles. The molecule has 0 aliphatic rings. The molecule has 0 heterocycles. The smallest absolute Gasteiger partial charge is 0.138 e. The normalized spacial score (nSPS) is 11.6. The van der Waals surface area contributed by atoms with Gasteiger partial charge in [0.25, 0.3) is 0 Å². The van der Waals surface area contributed by atoms with E-state index in [0.29, 0.717) is 18.6 Å². The first kappa shape index (κ1) is 14.9. The molecule has 2 nitrogen and oxygen atoms in total. The summed E-state index contributed by atoms with van der Waals surface area (Å²) in [4.78, 5) is 11.9. The zero-order chi connectivity index (χ0) is 13.8. The number of benzene rings is 1. The van der Waals surface area contributed by atoms with Gasteiger partial charge in [0.2, 0.25) is 0 Å². The summed E-state index contributed by atoms with van der Waals surface area (Å²) in [6, 6.07) is 6.33. The van der Waals surface area contributed by atoms with Gasteiger partial charge < -0.3 is 5.32 Å². The highest BCUT2D eigenvalue weighted by Gasteiger charge is 2.10. The number of hydrogen-bond acceptors (Lipinski definition) is 2. The predicted octanol–water partition coefficient (Wildman–Crippen LogP) is 3.19. The topological polar surface area (TPSA) is 29.1 Å². The van der Waals surface area contributed by atoms with E-state index in [1.165, 1.54) is 11.1 Å². The monoisotopic (exact) mass is 247 g/mol. The highest BCUT2D eigenvalue weighted by molar-refractivity contribution is 5.81. The zero-order valence-electron chi connectivity index (χ0n) is 12.3. The first-order valence-corrected chi connectivity index (χ1v) is 6.60. The van der Waals surface area contributed by atoms with E-state index in [0.717, 1.165) is 12.1 Å². The molecule has 0 saturated carbocycles. The van der Waals surface area contributed by atoms with E-state index < -0.39 is 0 Å². The summed E-state index contributed by atoms with van der Waals surface area (Å²) >= 11 is 0. The molecule has 100 valence electrons. The lowest BCUT2D eigenvalue weighted by Gasteiger charge is -2.20. The van der Waals surface area contributed by atoms with Crippen molar-refractivity contribution < 1.29 is 4.79 Å². The molecular weight excluding hydrogens is 222 g/mol. The minimum Gasteiger partial charge on any atom is -0.312 e. The lowest BCUT2D eigenvalue weighted by Crippen LogP contribution is -2.37. The minimum atomic E-state index is 0.0835. The molecule has 0 saturated heterocycles. The quantitative estimate of drug-likeness (QED) is 0.865. The SMILES string of the molecule is Cc1cc(C)cc(CC(=O)CCNC(C)(C)C)c1. The van der Waals surface area contributed by atoms with Crippen molar-refractivity contribution >= 4 is 5.78 Å². The van der Waals surface area contributed by atoms with Gasteiger partial charge in [0.05, 0.1) is 0 Å². The highest BCUT2D eigenvalue weighted by Crippen LogP contribution is 2.10. The second-order valence-electron chi connectivity index (χ2n) is 6.14. The standard InChI is InChI=1S/C16H25NO/c1-12-8-13(2)10-14(9-12)11-15(18)6-7-17-16(3,4)5/h8-10,17H,6-7,11H2,1-5H3. The van der Waals surface area contributed by atoms with E-state index in [4.69, 9.17) is 0 Å². The van der Waals surface area contributed by atoms with Crippen LogP contribution in [0.2, 0.25) is 0 Å². The molecular formula is C16H25NO. The van der Waals surface area contributed by atoms with Gasteiger partial charge in [0, 0.05) is 24.9 Å². The number of ketones is 1. The van der Waals surface area contributed by atoms with Crippen molar-refractivity contribution in [2.45, 2.75) is 53.0 Å². The number of nitrogens with one attached hydrogen (secondary N) is 1. The van der Waals surface area contributed by atoms with Gasteiger partial charge in [-0.05, 0) is 40.2 Å². The molecule has 0 aliphatic carbocycles. The number of carbonyl (C=O) groups is 1. The maximum Gasteiger partial charge on any atom is 0.138 e. The Morgan fingerprint density at radius 2 is 1.67 bits per heavy atom. The third-order valence-electron chi connectivity index (χ3n) is 2.74. The molecule has 0 radical (unpaired) electrons. The Hall–Kier alpha value is -1.15. The van der Waals surface area contributed by atoms with E-state index in [1.54, 1.807) is 0 Å². The number of rotatable bonds is 5. The van der Waals surface area contributed by atoms with Crippen LogP contribution in [-0.2, 0) is 11.2 Å². The average molecular weight is 247 g/mol. The lowest BCUT2D eigenvalue weighted by atomic mass is 10.0. The van der Waals surface area contributed by atoms with E-state index in [9.17, 15) is 4.79 Å². The molecule has 18 heavy (non-hydrogen) atoms. The second-order valence-corrected chi connectivity index (χ2v) is 6.14. The highest BCUT2D eigenvalue weighted by atomic mass is 16.1. The third kappa shape index (κ3) is 5.97. The van der Waals surface area contributed by atoms with E-state index >= 15 is 0 Å². The Morgan fingerprint density at radius 1 is 1.11 bits per heavy atom. The molecule has 0 aliphatic heterocycles. The van der Waals surface area contributed by atoms with Crippen LogP contribution in [0.15, 0.2) is 18.2 Å². The maximum absolute atomic E-state index is 11.9. The van der Waals surface area contributed by atoms with E-state index in [2.05, 4.69) is 58.1 Å². The van der Waals surface area contributed by atoms with Crippen molar-refractivity contribution in [1.82, 2.24) is 5.32 Å². The lowest BCUT2D eigenvalue weighted by molar-refractivity contribution is -0.118. The summed E-state index contributed by atoms with van der Waals surface area (Å²) in [5.74, 6) is 0.303. The van der Waals surface area contributed by atoms with Crippen LogP contribution in [0.4, 0.5) is 0 Å². The Morgan fingerprint density at radius 3 is 2.17 bits per heavy atom. The van der Waals surface area contributed by atoms with Gasteiger partial charge in [-0.2, -0.15) is 0 Å². The average Bonchev–Trinajstić information content (AvgIpc) is 2.12. The zero-order valence-corrected chi connectivity index (χ0v) is 12.3. The summed E-state index contributed by atoms with van der Waals surface area (Å²) in [6.07, 6.45) is 1.15. The largest absolute Gasteiger partial charge is 0.312 e. The molecule has 0 atom stereocenters. The van der Waals surface area contributed by atoms with Crippen LogP contribution >= 0.6 is 0 Å². The predicted molar refractivity (Wildman–Crippen MR) is 77.0 cm³/mol. The van der Waals surface area contributed by atoms with Crippen molar-refractivity contribution in [3.05, 3.63) is 34.9 Å². The molecule has 1 N–H and O–H groups in total. The minimum absolute atomic E-state index is 0.0835. The van der Waals surface area contributed by atoms with Gasteiger partial charge in [-0.15, -0.1) is 0 Å². The van der Waals surface area contributed by atoms with Gasteiger partial charge in [-0.1, -0.05) is 29.3 Å². The number of aryl methyl sites for hydroxylation is 2. The molecule has 1 rings (SSSR count). The van der Waals surface area contributed by atoms with Gasteiger partial charge in [0.15, 0.2) is 0 Å². The number of hydrogen-bond donors (Lipinski definition) is 1. The molecule has 0 unspecified atom stereocenters. The second kappa shape index (κ2) is 6.14. The molecule has 1 aromatic rings. The van der Waals surface area contributed by atoms with Crippen molar-refractivity contribution in [2.24, 2.45) is 0 Å². The first-order chi connectivity index (χ1) is 8.26. The Bertz CT molecular complexity index is 395. The molecule has 1 aromatic carbocycles. The summed E-state index contributed by atoms with van der Waals surface area (Å²) in [5, 5.41) is 3.34. The summed E-state index contributed by atoms with van der Waals surface area (Å²) in [7, 11) is 0. The molecule has 0 amide bonds. The Kier molecular flexibility index (Phi) is 5.09. The molecule has 0 spiro atoms. The maximum atomic E-state index is 11.9. The van der Waals surface area contributed by atoms with Crippen LogP contribution in [0.1, 0.15) is 43.9 Å². The van der Waals surface area contributed by atoms with Crippen molar-refractivity contribution in [3.8, 4) is 0 Å². The fourth-order valence-corrected chi connectivity index (χ4v) is 2.06. The fraction of sp³-hybridized carbons (Fsp3) is 0.562.